The van der Waals surface area contributed by atoms with Crippen LogP contribution < -0.4 is 0 Å². The molecule has 1 N–H and O–H groups in total. The Morgan fingerprint density at radius 1 is 1.12 bits per heavy atom. The molecule has 0 spiro atoms. The third kappa shape index (κ3) is 2.01. The van der Waals surface area contributed by atoms with E-state index in [4.69, 9.17) is 0 Å². The van der Waals surface area contributed by atoms with Crippen molar-refractivity contribution < 1.29 is 4.79 Å². The Morgan fingerprint density at radius 3 is 2.76 bits per heavy atom. The molecule has 5 atom stereocenters. The van der Waals surface area contributed by atoms with Crippen molar-refractivity contribution in [2.24, 2.45) is 28.6 Å². The van der Waals surface area contributed by atoms with Gasteiger partial charge in [0.1, 0.15) is 5.78 Å². The van der Waals surface area contributed by atoms with Crippen molar-refractivity contribution in [3.8, 4) is 0 Å². The minimum Gasteiger partial charge on any atom is -0.299 e. The van der Waals surface area contributed by atoms with Gasteiger partial charge in [-0.2, -0.15) is 5.21 Å². The molecule has 1 heterocycles. The highest BCUT2D eigenvalue weighted by Crippen LogP contribution is 2.63. The van der Waals surface area contributed by atoms with Crippen LogP contribution in [0.25, 0.3) is 5.57 Å². The van der Waals surface area contributed by atoms with Gasteiger partial charge in [-0.1, -0.05) is 26.0 Å². The van der Waals surface area contributed by atoms with E-state index >= 15 is 0 Å². The number of nitrogens with zero attached hydrogens (tertiary/aromatic N) is 3. The van der Waals surface area contributed by atoms with Crippen LogP contribution in [-0.2, 0) is 4.79 Å². The molecule has 5 rings (SSSR count). The third-order valence-corrected chi connectivity index (χ3v) is 8.11. The van der Waals surface area contributed by atoms with E-state index in [-0.39, 0.29) is 10.8 Å². The number of hydrogen-bond donors (Lipinski definition) is 1. The van der Waals surface area contributed by atoms with Crippen LogP contribution in [0.4, 0.5) is 0 Å². The fourth-order valence-electron chi connectivity index (χ4n) is 6.57. The first-order valence-electron chi connectivity index (χ1n) is 9.71. The van der Waals surface area contributed by atoms with Crippen LogP contribution in [0.2, 0.25) is 0 Å². The largest absolute Gasteiger partial charge is 0.299 e. The molecule has 1 aromatic heterocycles. The number of nitrogens with one attached hydrogen (secondary N) is 1. The summed E-state index contributed by atoms with van der Waals surface area (Å²) in [4.78, 5) is 12.5. The number of fused-ring (bicyclic) bond motifs is 5. The number of aromatic nitrogens is 4. The highest BCUT2D eigenvalue weighted by molar-refractivity contribution is 5.87. The standard InChI is InChI=1S/C20H26N4O/c1-19-9-7-12(18-21-23-24-22-18)11-13(19)3-4-14-15-5-6-17(25)20(15,2)10-8-16(14)19/h3,11,14-16H,4-10H2,1-2H3,(H,21,22,23,24)/t14-,15-,16-,19-,20-/m0/s1. The zero-order valence-electron chi connectivity index (χ0n) is 15.1. The molecule has 4 aliphatic rings. The zero-order chi connectivity index (χ0) is 17.2. The second-order valence-electron chi connectivity index (χ2n) is 9.01. The molecule has 0 saturated heterocycles. The molecule has 0 bridgehead atoms. The van der Waals surface area contributed by atoms with Gasteiger partial charge in [0.15, 0.2) is 0 Å². The van der Waals surface area contributed by atoms with E-state index in [0.29, 0.717) is 23.5 Å². The van der Waals surface area contributed by atoms with Crippen molar-refractivity contribution in [3.05, 3.63) is 23.5 Å². The third-order valence-electron chi connectivity index (χ3n) is 8.11. The van der Waals surface area contributed by atoms with Crippen LogP contribution in [0.15, 0.2) is 17.7 Å². The van der Waals surface area contributed by atoms with Crippen molar-refractivity contribution >= 4 is 11.4 Å². The molecule has 5 nitrogen and oxygen atoms in total. The SMILES string of the molecule is C[C@]12CCC(c3nn[nH]n3)=CC1=CC[C@@H]1[C@@H]2CC[C@]2(C)C(=O)CC[C@@H]12. The van der Waals surface area contributed by atoms with E-state index in [1.807, 2.05) is 0 Å². The lowest BCUT2D eigenvalue weighted by atomic mass is 9.48. The topological polar surface area (TPSA) is 71.5 Å². The second-order valence-corrected chi connectivity index (χ2v) is 9.01. The van der Waals surface area contributed by atoms with Gasteiger partial charge in [0.25, 0.3) is 0 Å². The summed E-state index contributed by atoms with van der Waals surface area (Å²) in [6.45, 7) is 4.71. The smallest absolute Gasteiger partial charge is 0.200 e. The molecule has 0 aromatic carbocycles. The predicted octanol–water partition coefficient (Wildman–Crippen LogP) is 3.72. The summed E-state index contributed by atoms with van der Waals surface area (Å²) >= 11 is 0. The molecule has 0 radical (unpaired) electrons. The van der Waals surface area contributed by atoms with E-state index in [1.54, 1.807) is 0 Å². The Balaban J connectivity index is 1.51. The quantitative estimate of drug-likeness (QED) is 0.847. The molecule has 2 fully saturated rings. The fraction of sp³-hybridized carbons (Fsp3) is 0.700. The molecule has 25 heavy (non-hydrogen) atoms. The lowest BCUT2D eigenvalue weighted by Crippen LogP contribution is -2.49. The van der Waals surface area contributed by atoms with Gasteiger partial charge in [0.05, 0.1) is 0 Å². The van der Waals surface area contributed by atoms with Gasteiger partial charge in [-0.3, -0.25) is 4.79 Å². The molecule has 1 aromatic rings. The number of carbonyl (C=O) groups excluding carboxylic acids is 1. The fourth-order valence-corrected chi connectivity index (χ4v) is 6.57. The number of Topliss-reactive ketones (excluding diaryl/α,β-unsaturated/α-hetero) is 1. The van der Waals surface area contributed by atoms with Crippen LogP contribution in [0.3, 0.4) is 0 Å². The van der Waals surface area contributed by atoms with Gasteiger partial charge in [0, 0.05) is 17.4 Å². The lowest BCUT2D eigenvalue weighted by molar-refractivity contribution is -0.131. The summed E-state index contributed by atoms with van der Waals surface area (Å²) in [6, 6.07) is 0. The van der Waals surface area contributed by atoms with Crippen LogP contribution in [0, 0.1) is 28.6 Å². The number of aromatic amines is 1. The van der Waals surface area contributed by atoms with Crippen LogP contribution in [-0.4, -0.2) is 26.4 Å². The van der Waals surface area contributed by atoms with Crippen molar-refractivity contribution in [3.63, 3.8) is 0 Å². The van der Waals surface area contributed by atoms with Gasteiger partial charge >= 0.3 is 0 Å². The average molecular weight is 338 g/mol. The minimum absolute atomic E-state index is 0.0385. The van der Waals surface area contributed by atoms with Gasteiger partial charge in [-0.25, -0.2) is 0 Å². The molecular weight excluding hydrogens is 312 g/mol. The summed E-state index contributed by atoms with van der Waals surface area (Å²) in [5.74, 6) is 3.25. The number of hydrogen-bond acceptors (Lipinski definition) is 4. The second kappa shape index (κ2) is 5.12. The number of ketones is 1. The Bertz CT molecular complexity index is 780. The summed E-state index contributed by atoms with van der Waals surface area (Å²) in [5, 5.41) is 14.6. The van der Waals surface area contributed by atoms with E-state index in [2.05, 4.69) is 46.6 Å². The van der Waals surface area contributed by atoms with Gasteiger partial charge in [0.2, 0.25) is 5.82 Å². The van der Waals surface area contributed by atoms with Crippen LogP contribution in [0.5, 0.6) is 0 Å². The summed E-state index contributed by atoms with van der Waals surface area (Å²) < 4.78 is 0. The maximum Gasteiger partial charge on any atom is 0.200 e. The number of rotatable bonds is 1. The summed E-state index contributed by atoms with van der Waals surface area (Å²) in [5.41, 5.74) is 2.87. The first kappa shape index (κ1) is 15.5. The minimum atomic E-state index is -0.0385. The van der Waals surface area contributed by atoms with Crippen molar-refractivity contribution in [2.75, 3.05) is 0 Å². The first-order valence-corrected chi connectivity index (χ1v) is 9.71. The number of tetrazole rings is 1. The number of H-pyrrole nitrogens is 1. The highest BCUT2D eigenvalue weighted by atomic mass is 16.1. The zero-order valence-corrected chi connectivity index (χ0v) is 15.1. The monoisotopic (exact) mass is 338 g/mol. The van der Waals surface area contributed by atoms with E-state index in [1.165, 1.54) is 17.6 Å². The van der Waals surface area contributed by atoms with Gasteiger partial charge in [-0.05, 0) is 72.5 Å². The maximum absolute atomic E-state index is 12.5. The van der Waals surface area contributed by atoms with Crippen LogP contribution in [0.1, 0.15) is 64.6 Å². The van der Waals surface area contributed by atoms with E-state index in [0.717, 1.165) is 44.3 Å². The molecule has 0 amide bonds. The van der Waals surface area contributed by atoms with Crippen molar-refractivity contribution in [2.45, 2.75) is 58.8 Å². The lowest BCUT2D eigenvalue weighted by Gasteiger charge is -2.55. The molecule has 132 valence electrons. The Kier molecular flexibility index (Phi) is 3.17. The summed E-state index contributed by atoms with van der Waals surface area (Å²) in [7, 11) is 0. The summed E-state index contributed by atoms with van der Waals surface area (Å²) in [6.07, 6.45) is 12.3. The number of carbonyl (C=O) groups is 1. The van der Waals surface area contributed by atoms with Crippen molar-refractivity contribution in [1.29, 1.82) is 0 Å². The molecule has 5 heteroatoms. The highest BCUT2D eigenvalue weighted by Gasteiger charge is 2.58. The molecular formula is C20H26N4O. The van der Waals surface area contributed by atoms with Gasteiger partial charge in [-0.15, -0.1) is 10.2 Å². The van der Waals surface area contributed by atoms with Gasteiger partial charge < -0.3 is 0 Å². The Labute approximate surface area is 148 Å². The Hall–Kier alpha value is -1.78. The molecule has 4 aliphatic carbocycles. The first-order chi connectivity index (χ1) is 12.0. The van der Waals surface area contributed by atoms with E-state index < -0.39 is 0 Å². The average Bonchev–Trinajstić information content (AvgIpc) is 3.23. The normalized spacial score (nSPS) is 43.0. The maximum atomic E-state index is 12.5. The molecule has 0 unspecified atom stereocenters. The predicted molar refractivity (Wildman–Crippen MR) is 94.2 cm³/mol. The number of allylic oxidation sites excluding steroid dienone is 4. The van der Waals surface area contributed by atoms with Crippen molar-refractivity contribution in [1.82, 2.24) is 20.6 Å². The Morgan fingerprint density at radius 2 is 1.96 bits per heavy atom. The molecule has 2 saturated carbocycles. The molecule has 0 aliphatic heterocycles. The van der Waals surface area contributed by atoms with Crippen LogP contribution >= 0.6 is 0 Å². The van der Waals surface area contributed by atoms with E-state index in [9.17, 15) is 4.79 Å².